The smallest absolute Gasteiger partial charge is 0.267 e. The van der Waals surface area contributed by atoms with E-state index < -0.39 is 5.91 Å². The lowest BCUT2D eigenvalue weighted by atomic mass is 9.97. The van der Waals surface area contributed by atoms with Gasteiger partial charge in [0.25, 0.3) is 5.91 Å². The molecule has 1 aliphatic heterocycles. The molecule has 0 spiro atoms. The Morgan fingerprint density at radius 1 is 1.28 bits per heavy atom. The molecule has 0 bridgehead atoms. The van der Waals surface area contributed by atoms with Crippen LogP contribution in [0.3, 0.4) is 0 Å². The van der Waals surface area contributed by atoms with Gasteiger partial charge in [-0.25, -0.2) is 0 Å². The number of amides is 2. The van der Waals surface area contributed by atoms with Crippen molar-refractivity contribution in [2.24, 2.45) is 5.92 Å². The number of carbonyl (C=O) groups excluding carboxylic acids is 3. The Balaban J connectivity index is 2.00. The molecule has 25 heavy (non-hydrogen) atoms. The molecule has 2 amide bonds. The number of rotatable bonds is 5. The van der Waals surface area contributed by atoms with E-state index in [0.29, 0.717) is 11.3 Å². The van der Waals surface area contributed by atoms with Crippen molar-refractivity contribution in [3.05, 3.63) is 41.6 Å². The van der Waals surface area contributed by atoms with E-state index in [-0.39, 0.29) is 23.2 Å². The minimum atomic E-state index is -0.645. The van der Waals surface area contributed by atoms with Crippen molar-refractivity contribution in [2.45, 2.75) is 19.8 Å². The van der Waals surface area contributed by atoms with E-state index in [0.717, 1.165) is 32.1 Å². The molecular formula is C18H20N4O3. The van der Waals surface area contributed by atoms with Crippen molar-refractivity contribution >= 4 is 23.3 Å². The topological polar surface area (TPSA) is 111 Å². The van der Waals surface area contributed by atoms with E-state index in [4.69, 9.17) is 5.26 Å². The summed E-state index contributed by atoms with van der Waals surface area (Å²) in [5.74, 6) is -1.08. The van der Waals surface area contributed by atoms with Gasteiger partial charge in [-0.05, 0) is 45.0 Å². The summed E-state index contributed by atoms with van der Waals surface area (Å²) in [7, 11) is 0. The van der Waals surface area contributed by atoms with E-state index in [2.05, 4.69) is 16.0 Å². The number of benzene rings is 1. The van der Waals surface area contributed by atoms with Crippen LogP contribution in [0.15, 0.2) is 36.0 Å². The van der Waals surface area contributed by atoms with Crippen molar-refractivity contribution in [2.75, 3.05) is 18.4 Å². The van der Waals surface area contributed by atoms with Crippen LogP contribution in [-0.4, -0.2) is 30.7 Å². The first kappa shape index (κ1) is 18.4. The number of hydrogen-bond acceptors (Lipinski definition) is 5. The first-order chi connectivity index (χ1) is 12.0. The van der Waals surface area contributed by atoms with Gasteiger partial charge in [-0.3, -0.25) is 14.4 Å². The highest BCUT2D eigenvalue weighted by atomic mass is 16.2. The van der Waals surface area contributed by atoms with Gasteiger partial charge >= 0.3 is 0 Å². The molecule has 1 aromatic rings. The number of piperidine rings is 1. The minimum Gasteiger partial charge on any atom is -0.331 e. The highest BCUT2D eigenvalue weighted by Crippen LogP contribution is 2.13. The Bertz CT molecular complexity index is 743. The zero-order valence-corrected chi connectivity index (χ0v) is 14.0. The number of hydrogen-bond donors (Lipinski definition) is 3. The first-order valence-corrected chi connectivity index (χ1v) is 8.05. The van der Waals surface area contributed by atoms with E-state index >= 15 is 0 Å². The van der Waals surface area contributed by atoms with Crippen molar-refractivity contribution in [1.29, 1.82) is 5.26 Å². The van der Waals surface area contributed by atoms with Crippen molar-refractivity contribution in [3.8, 4) is 6.07 Å². The molecule has 0 saturated carbocycles. The molecule has 1 heterocycles. The Morgan fingerprint density at radius 2 is 2.00 bits per heavy atom. The molecule has 1 aromatic carbocycles. The number of nitrogens with zero attached hydrogens (tertiary/aromatic N) is 1. The number of ketones is 1. The molecular weight excluding hydrogens is 320 g/mol. The second kappa shape index (κ2) is 8.76. The second-order valence-corrected chi connectivity index (χ2v) is 5.79. The van der Waals surface area contributed by atoms with Crippen LogP contribution in [0.4, 0.5) is 5.69 Å². The monoisotopic (exact) mass is 340 g/mol. The number of Topliss-reactive ketones (excluding diaryl/α,β-unsaturated/α-hetero) is 1. The van der Waals surface area contributed by atoms with Gasteiger partial charge in [-0.2, -0.15) is 5.26 Å². The summed E-state index contributed by atoms with van der Waals surface area (Å²) in [6, 6.07) is 8.20. The third kappa shape index (κ3) is 5.26. The molecule has 0 aromatic heterocycles. The van der Waals surface area contributed by atoms with Crippen LogP contribution in [0.2, 0.25) is 0 Å². The fourth-order valence-electron chi connectivity index (χ4n) is 2.51. The van der Waals surface area contributed by atoms with Crippen LogP contribution in [-0.2, 0) is 9.59 Å². The lowest BCUT2D eigenvalue weighted by Gasteiger charge is -2.20. The summed E-state index contributed by atoms with van der Waals surface area (Å²) in [4.78, 5) is 35.6. The average molecular weight is 340 g/mol. The van der Waals surface area contributed by atoms with Gasteiger partial charge in [0.1, 0.15) is 11.6 Å². The van der Waals surface area contributed by atoms with Gasteiger partial charge < -0.3 is 16.0 Å². The zero-order chi connectivity index (χ0) is 18.2. The van der Waals surface area contributed by atoms with Crippen LogP contribution in [0, 0.1) is 17.2 Å². The summed E-state index contributed by atoms with van der Waals surface area (Å²) in [6.07, 6.45) is 2.59. The van der Waals surface area contributed by atoms with Crippen LogP contribution >= 0.6 is 0 Å². The first-order valence-electron chi connectivity index (χ1n) is 8.05. The lowest BCUT2D eigenvalue weighted by Crippen LogP contribution is -2.36. The molecule has 2 rings (SSSR count). The third-order valence-corrected chi connectivity index (χ3v) is 3.96. The molecule has 7 heteroatoms. The second-order valence-electron chi connectivity index (χ2n) is 5.79. The van der Waals surface area contributed by atoms with Gasteiger partial charge in [0.2, 0.25) is 5.91 Å². The van der Waals surface area contributed by atoms with Crippen LogP contribution < -0.4 is 16.0 Å². The van der Waals surface area contributed by atoms with Crippen LogP contribution in [0.1, 0.15) is 30.1 Å². The third-order valence-electron chi connectivity index (χ3n) is 3.96. The van der Waals surface area contributed by atoms with Crippen molar-refractivity contribution < 1.29 is 14.4 Å². The summed E-state index contributed by atoms with van der Waals surface area (Å²) < 4.78 is 0. The maximum atomic E-state index is 12.2. The van der Waals surface area contributed by atoms with E-state index in [1.54, 1.807) is 24.3 Å². The summed E-state index contributed by atoms with van der Waals surface area (Å²) >= 11 is 0. The average Bonchev–Trinajstić information content (AvgIpc) is 2.63. The van der Waals surface area contributed by atoms with E-state index in [9.17, 15) is 14.4 Å². The normalized spacial score (nSPS) is 15.1. The number of carbonyl (C=O) groups is 3. The molecule has 3 N–H and O–H groups in total. The number of anilines is 1. The maximum absolute atomic E-state index is 12.2. The number of nitriles is 1. The Hall–Kier alpha value is -2.98. The van der Waals surface area contributed by atoms with E-state index in [1.807, 2.05) is 0 Å². The molecule has 130 valence electrons. The van der Waals surface area contributed by atoms with Gasteiger partial charge in [-0.1, -0.05) is 12.1 Å². The van der Waals surface area contributed by atoms with Crippen molar-refractivity contribution in [1.82, 2.24) is 10.6 Å². The summed E-state index contributed by atoms with van der Waals surface area (Å²) in [5, 5.41) is 17.4. The standard InChI is InChI=1S/C18H20N4O3/c1-12(23)14-3-2-4-16(9-14)22-18(25)15(10-19)11-21-17(24)13-5-7-20-8-6-13/h2-4,9,11,13,20H,5-8H2,1H3,(H,21,24)(H,22,25)/b15-11-. The molecule has 1 saturated heterocycles. The molecule has 7 nitrogen and oxygen atoms in total. The van der Waals surface area contributed by atoms with Gasteiger partial charge in [0, 0.05) is 23.4 Å². The van der Waals surface area contributed by atoms with Gasteiger partial charge in [0.15, 0.2) is 5.78 Å². The summed E-state index contributed by atoms with van der Waals surface area (Å²) in [6.45, 7) is 2.98. The molecule has 0 unspecified atom stereocenters. The fourth-order valence-corrected chi connectivity index (χ4v) is 2.51. The molecule has 1 aliphatic rings. The van der Waals surface area contributed by atoms with Crippen molar-refractivity contribution in [3.63, 3.8) is 0 Å². The van der Waals surface area contributed by atoms with E-state index in [1.165, 1.54) is 13.0 Å². The molecule has 0 atom stereocenters. The highest BCUT2D eigenvalue weighted by molar-refractivity contribution is 6.07. The Labute approximate surface area is 146 Å². The summed E-state index contributed by atoms with van der Waals surface area (Å²) in [5.41, 5.74) is 0.651. The Kier molecular flexibility index (Phi) is 6.43. The highest BCUT2D eigenvalue weighted by Gasteiger charge is 2.20. The Morgan fingerprint density at radius 3 is 2.64 bits per heavy atom. The zero-order valence-electron chi connectivity index (χ0n) is 14.0. The van der Waals surface area contributed by atoms with Crippen LogP contribution in [0.25, 0.3) is 0 Å². The van der Waals surface area contributed by atoms with Gasteiger partial charge in [-0.15, -0.1) is 0 Å². The lowest BCUT2D eigenvalue weighted by molar-refractivity contribution is -0.124. The largest absolute Gasteiger partial charge is 0.331 e. The van der Waals surface area contributed by atoms with Gasteiger partial charge in [0.05, 0.1) is 0 Å². The molecule has 1 fully saturated rings. The number of nitrogens with one attached hydrogen (secondary N) is 3. The molecule has 0 aliphatic carbocycles. The fraction of sp³-hybridized carbons (Fsp3) is 0.333. The SMILES string of the molecule is CC(=O)c1cccc(NC(=O)/C(C#N)=C\NC(=O)C2CCNCC2)c1. The molecule has 0 radical (unpaired) electrons. The predicted molar refractivity (Wildman–Crippen MR) is 92.5 cm³/mol. The minimum absolute atomic E-state index is 0.118. The van der Waals surface area contributed by atoms with Crippen LogP contribution in [0.5, 0.6) is 0 Å². The maximum Gasteiger partial charge on any atom is 0.267 e. The predicted octanol–water partition coefficient (Wildman–Crippen LogP) is 1.35. The quantitative estimate of drug-likeness (QED) is 0.426.